The van der Waals surface area contributed by atoms with Crippen LogP contribution in [0.3, 0.4) is 0 Å². The molecule has 0 amide bonds. The molecule has 0 unspecified atom stereocenters. The summed E-state index contributed by atoms with van der Waals surface area (Å²) in [6, 6.07) is 16.7. The van der Waals surface area contributed by atoms with Crippen LogP contribution in [-0.4, -0.2) is 22.4 Å². The van der Waals surface area contributed by atoms with Crippen molar-refractivity contribution in [3.63, 3.8) is 0 Å². The second kappa shape index (κ2) is 7.38. The summed E-state index contributed by atoms with van der Waals surface area (Å²) in [5.74, 6) is 0.960. The standard InChI is InChI=1S/C15H12N4O.CH3Cl/c16-13(17)10-6-8-12(9-7-10)15-19-18-14(20-15)11-4-2-1-3-5-11;1-2/h1-9H,(H3,16,17);1H3. The Bertz CT molecular complexity index is 738. The van der Waals surface area contributed by atoms with Gasteiger partial charge in [0.25, 0.3) is 0 Å². The monoisotopic (exact) mass is 314 g/mol. The van der Waals surface area contributed by atoms with E-state index in [1.807, 2.05) is 30.3 Å². The third-order valence-electron chi connectivity index (χ3n) is 2.89. The van der Waals surface area contributed by atoms with E-state index < -0.39 is 0 Å². The van der Waals surface area contributed by atoms with Crippen molar-refractivity contribution in [2.45, 2.75) is 0 Å². The summed E-state index contributed by atoms with van der Waals surface area (Å²) in [5.41, 5.74) is 7.76. The molecule has 0 radical (unpaired) electrons. The maximum atomic E-state index is 7.35. The lowest BCUT2D eigenvalue weighted by atomic mass is 10.1. The smallest absolute Gasteiger partial charge is 0.248 e. The van der Waals surface area contributed by atoms with E-state index in [1.54, 1.807) is 24.3 Å². The molecule has 3 aromatic rings. The predicted octanol–water partition coefficient (Wildman–Crippen LogP) is 3.54. The van der Waals surface area contributed by atoms with E-state index in [4.69, 9.17) is 15.6 Å². The highest BCUT2D eigenvalue weighted by molar-refractivity contribution is 6.15. The summed E-state index contributed by atoms with van der Waals surface area (Å²) in [5, 5.41) is 15.4. The second-order valence-corrected chi connectivity index (χ2v) is 4.27. The van der Waals surface area contributed by atoms with E-state index in [-0.39, 0.29) is 5.84 Å². The molecule has 0 aliphatic carbocycles. The van der Waals surface area contributed by atoms with E-state index in [0.29, 0.717) is 17.3 Å². The molecule has 0 aliphatic heterocycles. The molecule has 6 heteroatoms. The number of halogens is 1. The van der Waals surface area contributed by atoms with Crippen LogP contribution in [0, 0.1) is 5.41 Å². The molecule has 1 heterocycles. The third-order valence-corrected chi connectivity index (χ3v) is 2.89. The summed E-state index contributed by atoms with van der Waals surface area (Å²) in [6.45, 7) is 0. The van der Waals surface area contributed by atoms with Crippen LogP contribution >= 0.6 is 11.6 Å². The van der Waals surface area contributed by atoms with Crippen molar-refractivity contribution >= 4 is 17.4 Å². The minimum Gasteiger partial charge on any atom is -0.416 e. The number of hydrogen-bond donors (Lipinski definition) is 2. The van der Waals surface area contributed by atoms with Crippen LogP contribution in [0.4, 0.5) is 0 Å². The zero-order chi connectivity index (χ0) is 15.9. The number of nitrogens with two attached hydrogens (primary N) is 1. The van der Waals surface area contributed by atoms with Crippen molar-refractivity contribution in [1.82, 2.24) is 10.2 Å². The van der Waals surface area contributed by atoms with Gasteiger partial charge in [-0.1, -0.05) is 30.3 Å². The van der Waals surface area contributed by atoms with Gasteiger partial charge >= 0.3 is 0 Å². The first-order chi connectivity index (χ1) is 10.7. The molecule has 3 N–H and O–H groups in total. The number of nitrogens with zero attached hydrogens (tertiary/aromatic N) is 2. The maximum absolute atomic E-state index is 7.35. The van der Waals surface area contributed by atoms with Crippen molar-refractivity contribution in [2.75, 3.05) is 6.38 Å². The van der Waals surface area contributed by atoms with E-state index in [1.165, 1.54) is 6.38 Å². The average Bonchev–Trinajstić information content (AvgIpc) is 3.08. The lowest BCUT2D eigenvalue weighted by Gasteiger charge is -1.98. The van der Waals surface area contributed by atoms with Gasteiger partial charge in [0.1, 0.15) is 5.84 Å². The molecule has 0 spiro atoms. The molecule has 0 atom stereocenters. The SMILES string of the molecule is CCl.N=C(N)c1ccc(-c2nnc(-c3ccccc3)o2)cc1. The molecule has 0 bridgehead atoms. The summed E-state index contributed by atoms with van der Waals surface area (Å²) < 4.78 is 5.65. The van der Waals surface area contributed by atoms with Gasteiger partial charge in [-0.15, -0.1) is 21.8 Å². The Hall–Kier alpha value is -2.66. The van der Waals surface area contributed by atoms with Gasteiger partial charge in [0, 0.05) is 23.1 Å². The van der Waals surface area contributed by atoms with Crippen molar-refractivity contribution in [2.24, 2.45) is 5.73 Å². The molecular formula is C16H15ClN4O. The van der Waals surface area contributed by atoms with Crippen LogP contribution in [0.1, 0.15) is 5.56 Å². The molecule has 5 nitrogen and oxygen atoms in total. The highest BCUT2D eigenvalue weighted by Crippen LogP contribution is 2.23. The highest BCUT2D eigenvalue weighted by Gasteiger charge is 2.10. The van der Waals surface area contributed by atoms with Crippen LogP contribution in [-0.2, 0) is 0 Å². The Morgan fingerprint density at radius 3 is 1.91 bits per heavy atom. The second-order valence-electron chi connectivity index (χ2n) is 4.27. The van der Waals surface area contributed by atoms with Crippen LogP contribution < -0.4 is 5.73 Å². The summed E-state index contributed by atoms with van der Waals surface area (Å²) in [7, 11) is 0. The minimum absolute atomic E-state index is 0.0343. The molecule has 0 saturated heterocycles. The lowest BCUT2D eigenvalue weighted by Crippen LogP contribution is -2.10. The first-order valence-corrected chi connectivity index (χ1v) is 7.21. The summed E-state index contributed by atoms with van der Waals surface area (Å²) in [4.78, 5) is 0. The number of rotatable bonds is 3. The van der Waals surface area contributed by atoms with Crippen molar-refractivity contribution in [3.8, 4) is 22.9 Å². The Balaban J connectivity index is 0.000000847. The molecule has 112 valence electrons. The van der Waals surface area contributed by atoms with Crippen LogP contribution in [0.15, 0.2) is 59.0 Å². The Kier molecular flexibility index (Phi) is 5.27. The van der Waals surface area contributed by atoms with Gasteiger partial charge in [-0.25, -0.2) is 0 Å². The van der Waals surface area contributed by atoms with E-state index in [0.717, 1.165) is 11.1 Å². The van der Waals surface area contributed by atoms with Crippen LogP contribution in [0.2, 0.25) is 0 Å². The number of nitrogens with one attached hydrogen (secondary N) is 1. The molecule has 0 saturated carbocycles. The Morgan fingerprint density at radius 2 is 1.41 bits per heavy atom. The fourth-order valence-corrected chi connectivity index (χ4v) is 1.83. The van der Waals surface area contributed by atoms with Gasteiger partial charge in [0.05, 0.1) is 0 Å². The number of aromatic nitrogens is 2. The van der Waals surface area contributed by atoms with Gasteiger partial charge in [0.2, 0.25) is 11.8 Å². The molecule has 3 rings (SSSR count). The Labute approximate surface area is 133 Å². The molecule has 0 fully saturated rings. The van der Waals surface area contributed by atoms with Gasteiger partial charge in [-0.2, -0.15) is 0 Å². The Morgan fingerprint density at radius 1 is 0.909 bits per heavy atom. The predicted molar refractivity (Wildman–Crippen MR) is 88.0 cm³/mol. The van der Waals surface area contributed by atoms with Crippen LogP contribution in [0.5, 0.6) is 0 Å². The molecular weight excluding hydrogens is 300 g/mol. The molecule has 0 aliphatic rings. The topological polar surface area (TPSA) is 88.8 Å². The number of alkyl halides is 1. The van der Waals surface area contributed by atoms with E-state index >= 15 is 0 Å². The zero-order valence-electron chi connectivity index (χ0n) is 12.0. The quantitative estimate of drug-likeness (QED) is 0.439. The summed E-state index contributed by atoms with van der Waals surface area (Å²) in [6.07, 6.45) is 1.47. The first-order valence-electron chi connectivity index (χ1n) is 6.45. The number of nitrogen functional groups attached to an aromatic ring is 1. The maximum Gasteiger partial charge on any atom is 0.248 e. The normalized spacial score (nSPS) is 9.73. The largest absolute Gasteiger partial charge is 0.416 e. The van der Waals surface area contributed by atoms with Crippen molar-refractivity contribution < 1.29 is 4.42 Å². The minimum atomic E-state index is 0.0343. The number of hydrogen-bond acceptors (Lipinski definition) is 4. The van der Waals surface area contributed by atoms with E-state index in [9.17, 15) is 0 Å². The third kappa shape index (κ3) is 3.51. The number of benzene rings is 2. The fraction of sp³-hybridized carbons (Fsp3) is 0.0625. The van der Waals surface area contributed by atoms with Crippen molar-refractivity contribution in [1.29, 1.82) is 5.41 Å². The average molecular weight is 315 g/mol. The fourth-order valence-electron chi connectivity index (χ4n) is 1.83. The number of amidine groups is 1. The van der Waals surface area contributed by atoms with Crippen LogP contribution in [0.25, 0.3) is 22.9 Å². The van der Waals surface area contributed by atoms with Gasteiger partial charge in [0.15, 0.2) is 0 Å². The van der Waals surface area contributed by atoms with Crippen molar-refractivity contribution in [3.05, 3.63) is 60.2 Å². The molecule has 22 heavy (non-hydrogen) atoms. The van der Waals surface area contributed by atoms with Gasteiger partial charge in [-0.3, -0.25) is 5.41 Å². The van der Waals surface area contributed by atoms with Gasteiger partial charge in [-0.05, 0) is 24.3 Å². The van der Waals surface area contributed by atoms with Gasteiger partial charge < -0.3 is 10.2 Å². The summed E-state index contributed by atoms with van der Waals surface area (Å²) >= 11 is 4.64. The highest BCUT2D eigenvalue weighted by atomic mass is 35.5. The lowest BCUT2D eigenvalue weighted by molar-refractivity contribution is 0.584. The molecule has 2 aromatic carbocycles. The van der Waals surface area contributed by atoms with E-state index in [2.05, 4.69) is 21.8 Å². The zero-order valence-corrected chi connectivity index (χ0v) is 12.7. The molecule has 1 aromatic heterocycles. The first kappa shape index (κ1) is 15.7.